The molecular formula is C17H17N3O4. The minimum Gasteiger partial charge on any atom is -0.481 e. The minimum absolute atomic E-state index is 0.274. The van der Waals surface area contributed by atoms with Crippen molar-refractivity contribution in [1.82, 2.24) is 5.32 Å². The average molecular weight is 327 g/mol. The molecule has 1 saturated carbocycles. The Morgan fingerprint density at radius 2 is 1.88 bits per heavy atom. The van der Waals surface area contributed by atoms with Crippen LogP contribution in [0.4, 0.5) is 0 Å². The highest BCUT2D eigenvalue weighted by Crippen LogP contribution is 2.28. The molecule has 1 fully saturated rings. The van der Waals surface area contributed by atoms with Crippen LogP contribution in [0.15, 0.2) is 24.3 Å². The van der Waals surface area contributed by atoms with Crippen LogP contribution in [0, 0.1) is 22.7 Å². The zero-order valence-electron chi connectivity index (χ0n) is 13.1. The van der Waals surface area contributed by atoms with Crippen LogP contribution in [0.3, 0.4) is 0 Å². The maximum atomic E-state index is 11.8. The molecular weight excluding hydrogens is 310 g/mol. The molecule has 7 heteroatoms. The summed E-state index contributed by atoms with van der Waals surface area (Å²) in [6.45, 7) is -0.874. The third-order valence-electron chi connectivity index (χ3n) is 3.77. The molecule has 1 aliphatic carbocycles. The number of hydrogen-bond acceptors (Lipinski definition) is 6. The second kappa shape index (κ2) is 7.98. The van der Waals surface area contributed by atoms with Crippen molar-refractivity contribution in [3.05, 3.63) is 29.8 Å². The topological polar surface area (TPSA) is 112 Å². The van der Waals surface area contributed by atoms with E-state index in [2.05, 4.69) is 11.4 Å². The van der Waals surface area contributed by atoms with Crippen molar-refractivity contribution in [3.63, 3.8) is 0 Å². The molecule has 0 aromatic heterocycles. The van der Waals surface area contributed by atoms with Gasteiger partial charge in [-0.1, -0.05) is 12.1 Å². The Morgan fingerprint density at radius 3 is 2.54 bits per heavy atom. The van der Waals surface area contributed by atoms with Gasteiger partial charge in [-0.3, -0.25) is 4.79 Å². The summed E-state index contributed by atoms with van der Waals surface area (Å²) in [7, 11) is 0. The smallest absolute Gasteiger partial charge is 0.344 e. The van der Waals surface area contributed by atoms with Gasteiger partial charge in [-0.2, -0.15) is 10.5 Å². The van der Waals surface area contributed by atoms with E-state index in [1.54, 1.807) is 24.3 Å². The predicted octanol–water partition coefficient (Wildman–Crippen LogP) is 1.43. The van der Waals surface area contributed by atoms with Gasteiger partial charge in [0.1, 0.15) is 17.4 Å². The maximum absolute atomic E-state index is 11.8. The Morgan fingerprint density at radius 1 is 1.17 bits per heavy atom. The highest BCUT2D eigenvalue weighted by molar-refractivity contribution is 5.81. The molecule has 0 atom stereocenters. The molecule has 7 nitrogen and oxygen atoms in total. The number of nitrogens with one attached hydrogen (secondary N) is 1. The quantitative estimate of drug-likeness (QED) is 0.791. The number of nitriles is 2. The standard InChI is InChI=1S/C17H17N3O4/c18-9-13-5-1-2-6-14(13)23-11-16(22)24-10-15(21)20-17(12-19)7-3-4-8-17/h1-2,5-6H,3-4,7-8,10-11H2,(H,20,21). The van der Waals surface area contributed by atoms with E-state index in [0.717, 1.165) is 12.8 Å². The van der Waals surface area contributed by atoms with E-state index in [1.807, 2.05) is 6.07 Å². The van der Waals surface area contributed by atoms with Gasteiger partial charge >= 0.3 is 5.97 Å². The lowest BCUT2D eigenvalue weighted by Crippen LogP contribution is -2.46. The fourth-order valence-corrected chi connectivity index (χ4v) is 2.56. The van der Waals surface area contributed by atoms with Gasteiger partial charge in [0, 0.05) is 0 Å². The highest BCUT2D eigenvalue weighted by atomic mass is 16.6. The van der Waals surface area contributed by atoms with Gasteiger partial charge < -0.3 is 14.8 Å². The number of para-hydroxylation sites is 1. The third kappa shape index (κ3) is 4.47. The summed E-state index contributed by atoms with van der Waals surface area (Å²) in [5.41, 5.74) is -0.536. The number of esters is 1. The van der Waals surface area contributed by atoms with Crippen molar-refractivity contribution in [2.24, 2.45) is 0 Å². The Labute approximate surface area is 139 Å². The first-order chi connectivity index (χ1) is 11.6. The van der Waals surface area contributed by atoms with E-state index in [4.69, 9.17) is 14.7 Å². The lowest BCUT2D eigenvalue weighted by atomic mass is 10.00. The Balaban J connectivity index is 1.76. The van der Waals surface area contributed by atoms with Gasteiger partial charge in [0.2, 0.25) is 0 Å². The van der Waals surface area contributed by atoms with Crippen LogP contribution in [0.2, 0.25) is 0 Å². The van der Waals surface area contributed by atoms with Gasteiger partial charge in [-0.15, -0.1) is 0 Å². The van der Waals surface area contributed by atoms with E-state index in [-0.39, 0.29) is 5.75 Å². The van der Waals surface area contributed by atoms with Gasteiger partial charge in [0.15, 0.2) is 13.2 Å². The first-order valence-corrected chi connectivity index (χ1v) is 7.58. The molecule has 1 aliphatic rings. The van der Waals surface area contributed by atoms with Crippen LogP contribution in [0.25, 0.3) is 0 Å². The first kappa shape index (κ1) is 17.3. The molecule has 0 unspecified atom stereocenters. The molecule has 1 amide bonds. The van der Waals surface area contributed by atoms with Crippen molar-refractivity contribution < 1.29 is 19.1 Å². The summed E-state index contributed by atoms with van der Waals surface area (Å²) in [5, 5.41) is 20.7. The maximum Gasteiger partial charge on any atom is 0.344 e. The Kier molecular flexibility index (Phi) is 5.75. The van der Waals surface area contributed by atoms with E-state index in [0.29, 0.717) is 18.4 Å². The second-order valence-corrected chi connectivity index (χ2v) is 5.51. The van der Waals surface area contributed by atoms with Crippen LogP contribution in [0.1, 0.15) is 31.2 Å². The van der Waals surface area contributed by atoms with E-state index >= 15 is 0 Å². The highest BCUT2D eigenvalue weighted by Gasteiger charge is 2.35. The number of amides is 1. The average Bonchev–Trinajstić information content (AvgIpc) is 3.07. The number of rotatable bonds is 6. The third-order valence-corrected chi connectivity index (χ3v) is 3.77. The molecule has 0 spiro atoms. The van der Waals surface area contributed by atoms with Gasteiger partial charge in [-0.05, 0) is 37.8 Å². The number of ether oxygens (including phenoxy) is 2. The monoisotopic (exact) mass is 327 g/mol. The van der Waals surface area contributed by atoms with Crippen LogP contribution in [-0.2, 0) is 14.3 Å². The van der Waals surface area contributed by atoms with Gasteiger partial charge in [-0.25, -0.2) is 4.79 Å². The van der Waals surface area contributed by atoms with Crippen LogP contribution < -0.4 is 10.1 Å². The lowest BCUT2D eigenvalue weighted by molar-refractivity contribution is -0.150. The number of benzene rings is 1. The SMILES string of the molecule is N#Cc1ccccc1OCC(=O)OCC(=O)NC1(C#N)CCCC1. The number of carbonyl (C=O) groups is 2. The molecule has 0 bridgehead atoms. The lowest BCUT2D eigenvalue weighted by Gasteiger charge is -2.21. The predicted molar refractivity (Wildman–Crippen MR) is 82.6 cm³/mol. The molecule has 1 aromatic rings. The number of hydrogen-bond donors (Lipinski definition) is 1. The Hall–Kier alpha value is -3.06. The summed E-state index contributed by atoms with van der Waals surface area (Å²) in [6, 6.07) is 10.6. The van der Waals surface area contributed by atoms with Gasteiger partial charge in [0.25, 0.3) is 5.91 Å². The molecule has 24 heavy (non-hydrogen) atoms. The molecule has 0 radical (unpaired) electrons. The molecule has 0 heterocycles. The number of carbonyl (C=O) groups excluding carboxylic acids is 2. The van der Waals surface area contributed by atoms with Crippen LogP contribution in [-0.4, -0.2) is 30.6 Å². The second-order valence-electron chi connectivity index (χ2n) is 5.51. The van der Waals surface area contributed by atoms with Crippen molar-refractivity contribution >= 4 is 11.9 Å². The van der Waals surface area contributed by atoms with Gasteiger partial charge in [0.05, 0.1) is 11.6 Å². The fraction of sp³-hybridized carbons (Fsp3) is 0.412. The zero-order chi connectivity index (χ0) is 17.4. The summed E-state index contributed by atoms with van der Waals surface area (Å²) >= 11 is 0. The van der Waals surface area contributed by atoms with E-state index < -0.39 is 30.6 Å². The summed E-state index contributed by atoms with van der Waals surface area (Å²) in [6.07, 6.45) is 2.99. The molecule has 1 N–H and O–H groups in total. The van der Waals surface area contributed by atoms with Crippen molar-refractivity contribution in [2.75, 3.05) is 13.2 Å². The fourth-order valence-electron chi connectivity index (χ4n) is 2.56. The zero-order valence-corrected chi connectivity index (χ0v) is 13.1. The summed E-state index contributed by atoms with van der Waals surface area (Å²) in [4.78, 5) is 23.5. The van der Waals surface area contributed by atoms with Crippen molar-refractivity contribution in [2.45, 2.75) is 31.2 Å². The summed E-state index contributed by atoms with van der Waals surface area (Å²) < 4.78 is 10.0. The molecule has 0 aliphatic heterocycles. The first-order valence-electron chi connectivity index (χ1n) is 7.58. The van der Waals surface area contributed by atoms with Crippen molar-refractivity contribution in [3.8, 4) is 17.9 Å². The van der Waals surface area contributed by atoms with Crippen LogP contribution in [0.5, 0.6) is 5.75 Å². The summed E-state index contributed by atoms with van der Waals surface area (Å²) in [5.74, 6) is -0.963. The van der Waals surface area contributed by atoms with Crippen LogP contribution >= 0.6 is 0 Å². The Bertz CT molecular complexity index is 697. The number of nitrogens with zero attached hydrogens (tertiary/aromatic N) is 2. The van der Waals surface area contributed by atoms with E-state index in [1.165, 1.54) is 0 Å². The molecule has 0 saturated heterocycles. The molecule has 1 aromatic carbocycles. The minimum atomic E-state index is -0.842. The van der Waals surface area contributed by atoms with E-state index in [9.17, 15) is 14.9 Å². The van der Waals surface area contributed by atoms with Crippen molar-refractivity contribution in [1.29, 1.82) is 10.5 Å². The largest absolute Gasteiger partial charge is 0.481 e. The molecule has 124 valence electrons. The molecule has 2 rings (SSSR count). The normalized spacial score (nSPS) is 14.9.